The molecule has 5 heterocycles. The van der Waals surface area contributed by atoms with Crippen molar-refractivity contribution in [2.24, 2.45) is 0 Å². The molecule has 1 amide bonds. The van der Waals surface area contributed by atoms with E-state index < -0.39 is 0 Å². The van der Waals surface area contributed by atoms with Crippen molar-refractivity contribution in [1.82, 2.24) is 29.8 Å². The topological polar surface area (TPSA) is 87.9 Å². The van der Waals surface area contributed by atoms with Crippen LogP contribution in [-0.4, -0.2) is 82.4 Å². The summed E-state index contributed by atoms with van der Waals surface area (Å²) in [5.74, 6) is 0.687. The molecule has 1 atom stereocenters. The lowest BCUT2D eigenvalue weighted by Gasteiger charge is -2.32. The predicted molar refractivity (Wildman–Crippen MR) is 156 cm³/mol. The standard InChI is InChI=1S/C29H37N7O2S/c1-5-34(6-2)20(3)18-30-29(37)21-16-25(32-27(17-21)35-12-9-22(38-4)10-13-35)23-19-31-36-14-11-24(33-28(23)36)26-8-7-15-39-26/h7-8,11,14-17,19-20,22H,5-6,9-10,12-13,18H2,1-4H3,(H,30,37). The molecular weight excluding hydrogens is 510 g/mol. The van der Waals surface area contributed by atoms with Gasteiger partial charge in [-0.05, 0) is 62.5 Å². The molecule has 4 aromatic heterocycles. The van der Waals surface area contributed by atoms with Gasteiger partial charge >= 0.3 is 0 Å². The summed E-state index contributed by atoms with van der Waals surface area (Å²) in [6, 6.07) is 10.1. The number of amides is 1. The highest BCUT2D eigenvalue weighted by Gasteiger charge is 2.23. The largest absolute Gasteiger partial charge is 0.381 e. The molecule has 0 spiro atoms. The van der Waals surface area contributed by atoms with Gasteiger partial charge in [0.2, 0.25) is 0 Å². The summed E-state index contributed by atoms with van der Waals surface area (Å²) >= 11 is 1.65. The third-order valence-corrected chi connectivity index (χ3v) is 8.48. The summed E-state index contributed by atoms with van der Waals surface area (Å²) in [7, 11) is 1.77. The van der Waals surface area contributed by atoms with Gasteiger partial charge in [0.15, 0.2) is 5.65 Å². The highest BCUT2D eigenvalue weighted by molar-refractivity contribution is 7.13. The van der Waals surface area contributed by atoms with Crippen molar-refractivity contribution in [3.63, 3.8) is 0 Å². The Labute approximate surface area is 233 Å². The molecule has 0 radical (unpaired) electrons. The number of thiophene rings is 1. The second kappa shape index (κ2) is 12.2. The average Bonchev–Trinajstić information content (AvgIpc) is 3.66. The van der Waals surface area contributed by atoms with Crippen LogP contribution in [0.3, 0.4) is 0 Å². The Morgan fingerprint density at radius 3 is 2.67 bits per heavy atom. The third-order valence-electron chi connectivity index (χ3n) is 7.59. The maximum atomic E-state index is 13.4. The minimum Gasteiger partial charge on any atom is -0.381 e. The molecular formula is C29H37N7O2S. The second-order valence-electron chi connectivity index (χ2n) is 9.92. The zero-order chi connectivity index (χ0) is 27.4. The second-order valence-corrected chi connectivity index (χ2v) is 10.9. The number of likely N-dealkylation sites (N-methyl/N-ethyl adjacent to an activating group) is 1. The molecule has 1 N–H and O–H groups in total. The fourth-order valence-corrected chi connectivity index (χ4v) is 5.89. The molecule has 39 heavy (non-hydrogen) atoms. The van der Waals surface area contributed by atoms with Gasteiger partial charge in [-0.1, -0.05) is 19.9 Å². The first-order valence-electron chi connectivity index (χ1n) is 13.7. The van der Waals surface area contributed by atoms with E-state index in [0.717, 1.165) is 61.0 Å². The van der Waals surface area contributed by atoms with Crippen molar-refractivity contribution in [3.05, 3.63) is 53.7 Å². The maximum absolute atomic E-state index is 13.4. The first-order chi connectivity index (χ1) is 19.0. The minimum atomic E-state index is -0.102. The zero-order valence-electron chi connectivity index (χ0n) is 23.1. The SMILES string of the molecule is CCN(CC)C(C)CNC(=O)c1cc(-c2cnn3ccc(-c4cccs4)nc23)nc(N2CCC(OC)CC2)c1. The number of aromatic nitrogens is 4. The van der Waals surface area contributed by atoms with Gasteiger partial charge in [-0.3, -0.25) is 9.69 Å². The molecule has 0 aromatic carbocycles. The van der Waals surface area contributed by atoms with Gasteiger partial charge in [0, 0.05) is 44.5 Å². The van der Waals surface area contributed by atoms with Gasteiger partial charge in [0.1, 0.15) is 5.82 Å². The number of anilines is 1. The van der Waals surface area contributed by atoms with Crippen LogP contribution < -0.4 is 10.2 Å². The number of hydrogen-bond acceptors (Lipinski definition) is 8. The smallest absolute Gasteiger partial charge is 0.251 e. The lowest BCUT2D eigenvalue weighted by molar-refractivity contribution is 0.0817. The zero-order valence-corrected chi connectivity index (χ0v) is 23.9. The molecule has 9 nitrogen and oxygen atoms in total. The van der Waals surface area contributed by atoms with Crippen molar-refractivity contribution in [2.75, 3.05) is 44.7 Å². The van der Waals surface area contributed by atoms with Crippen molar-refractivity contribution >= 4 is 28.7 Å². The number of piperidine rings is 1. The molecule has 1 fully saturated rings. The van der Waals surface area contributed by atoms with Crippen LogP contribution in [0.15, 0.2) is 48.1 Å². The molecule has 4 aromatic rings. The number of nitrogens with zero attached hydrogens (tertiary/aromatic N) is 6. The van der Waals surface area contributed by atoms with E-state index in [1.165, 1.54) is 0 Å². The first-order valence-corrected chi connectivity index (χ1v) is 14.6. The van der Waals surface area contributed by atoms with Crippen LogP contribution in [-0.2, 0) is 4.74 Å². The van der Waals surface area contributed by atoms with Crippen molar-refractivity contribution < 1.29 is 9.53 Å². The fourth-order valence-electron chi connectivity index (χ4n) is 5.20. The summed E-state index contributed by atoms with van der Waals surface area (Å²) in [5, 5.41) is 9.73. The number of carbonyl (C=O) groups is 1. The van der Waals surface area contributed by atoms with Gasteiger partial charge in [-0.25, -0.2) is 14.5 Å². The number of ether oxygens (including phenoxy) is 1. The molecule has 0 saturated carbocycles. The summed E-state index contributed by atoms with van der Waals surface area (Å²) in [6.45, 7) is 10.6. The van der Waals surface area contributed by atoms with Gasteiger partial charge in [-0.15, -0.1) is 11.3 Å². The van der Waals surface area contributed by atoms with Crippen LogP contribution in [0.1, 0.15) is 44.0 Å². The van der Waals surface area contributed by atoms with Crippen molar-refractivity contribution in [3.8, 4) is 21.8 Å². The van der Waals surface area contributed by atoms with E-state index in [9.17, 15) is 4.79 Å². The van der Waals surface area contributed by atoms with E-state index in [1.54, 1.807) is 29.2 Å². The number of methoxy groups -OCH3 is 1. The molecule has 1 unspecified atom stereocenters. The lowest BCUT2D eigenvalue weighted by Crippen LogP contribution is -2.42. The maximum Gasteiger partial charge on any atom is 0.251 e. The number of pyridine rings is 1. The monoisotopic (exact) mass is 547 g/mol. The summed E-state index contributed by atoms with van der Waals surface area (Å²) in [4.78, 5) is 29.1. The number of hydrogen-bond donors (Lipinski definition) is 1. The van der Waals surface area contributed by atoms with Crippen LogP contribution >= 0.6 is 11.3 Å². The van der Waals surface area contributed by atoms with E-state index in [2.05, 4.69) is 47.1 Å². The molecule has 206 valence electrons. The van der Waals surface area contributed by atoms with Crippen molar-refractivity contribution in [2.45, 2.75) is 45.8 Å². The van der Waals surface area contributed by atoms with E-state index in [1.807, 2.05) is 35.8 Å². The Balaban J connectivity index is 1.50. The van der Waals surface area contributed by atoms with E-state index in [-0.39, 0.29) is 18.1 Å². The predicted octanol–water partition coefficient (Wildman–Crippen LogP) is 4.60. The highest BCUT2D eigenvalue weighted by Crippen LogP contribution is 2.30. The lowest BCUT2D eigenvalue weighted by atomic mass is 10.1. The van der Waals surface area contributed by atoms with Crippen molar-refractivity contribution in [1.29, 1.82) is 0 Å². The number of rotatable bonds is 10. The van der Waals surface area contributed by atoms with E-state index >= 15 is 0 Å². The van der Waals surface area contributed by atoms with Crippen LogP contribution in [0, 0.1) is 0 Å². The van der Waals surface area contributed by atoms with Gasteiger partial charge in [0.05, 0.1) is 34.1 Å². The third kappa shape index (κ3) is 5.98. The number of nitrogens with one attached hydrogen (secondary N) is 1. The minimum absolute atomic E-state index is 0.102. The Hall–Kier alpha value is -3.34. The average molecular weight is 548 g/mol. The highest BCUT2D eigenvalue weighted by atomic mass is 32.1. The Kier molecular flexibility index (Phi) is 8.54. The quantitative estimate of drug-likeness (QED) is 0.311. The summed E-state index contributed by atoms with van der Waals surface area (Å²) in [6.07, 6.45) is 5.81. The molecule has 10 heteroatoms. The van der Waals surface area contributed by atoms with E-state index in [0.29, 0.717) is 23.4 Å². The normalized spacial score (nSPS) is 15.3. The Morgan fingerprint density at radius 2 is 1.97 bits per heavy atom. The van der Waals surface area contributed by atoms with E-state index in [4.69, 9.17) is 14.7 Å². The number of carbonyl (C=O) groups excluding carboxylic acids is 1. The van der Waals surface area contributed by atoms with Crippen LogP contribution in [0.25, 0.3) is 27.5 Å². The molecule has 1 aliphatic rings. The molecule has 0 bridgehead atoms. The Morgan fingerprint density at radius 1 is 1.18 bits per heavy atom. The van der Waals surface area contributed by atoms with Gasteiger partial charge < -0.3 is 15.0 Å². The number of fused-ring (bicyclic) bond motifs is 1. The molecule has 1 aliphatic heterocycles. The molecule has 5 rings (SSSR count). The molecule has 1 saturated heterocycles. The Bertz CT molecular complexity index is 1390. The van der Waals surface area contributed by atoms with Crippen LogP contribution in [0.4, 0.5) is 5.82 Å². The fraction of sp³-hybridized carbons (Fsp3) is 0.448. The van der Waals surface area contributed by atoms with Gasteiger partial charge in [-0.2, -0.15) is 5.10 Å². The summed E-state index contributed by atoms with van der Waals surface area (Å²) < 4.78 is 7.33. The van der Waals surface area contributed by atoms with Crippen LogP contribution in [0.5, 0.6) is 0 Å². The summed E-state index contributed by atoms with van der Waals surface area (Å²) in [5.41, 5.74) is 3.68. The van der Waals surface area contributed by atoms with Gasteiger partial charge in [0.25, 0.3) is 5.91 Å². The van der Waals surface area contributed by atoms with Crippen LogP contribution in [0.2, 0.25) is 0 Å². The first kappa shape index (κ1) is 27.2. The molecule has 0 aliphatic carbocycles.